The standard InChI is InChI=1S/C14H28O7/c1-2-3-4-5-6-7-8-21-14(20)13(19)12(18)11(17)10(16)9-15/h10-13,15-19H,2-9H2,1H3. The van der Waals surface area contributed by atoms with E-state index in [0.717, 1.165) is 25.7 Å². The summed E-state index contributed by atoms with van der Waals surface area (Å²) in [5, 5.41) is 46.1. The van der Waals surface area contributed by atoms with E-state index in [1.807, 2.05) is 0 Å². The van der Waals surface area contributed by atoms with Gasteiger partial charge >= 0.3 is 5.97 Å². The third-order valence-electron chi connectivity index (χ3n) is 3.24. The van der Waals surface area contributed by atoms with Crippen molar-refractivity contribution in [3.8, 4) is 0 Å². The van der Waals surface area contributed by atoms with Crippen LogP contribution in [0.25, 0.3) is 0 Å². The van der Waals surface area contributed by atoms with Crippen LogP contribution in [0, 0.1) is 0 Å². The summed E-state index contributed by atoms with van der Waals surface area (Å²) < 4.78 is 4.79. The molecule has 4 atom stereocenters. The van der Waals surface area contributed by atoms with E-state index in [-0.39, 0.29) is 6.61 Å². The van der Waals surface area contributed by atoms with Crippen molar-refractivity contribution >= 4 is 5.97 Å². The van der Waals surface area contributed by atoms with Gasteiger partial charge in [-0.1, -0.05) is 39.0 Å². The van der Waals surface area contributed by atoms with Crippen molar-refractivity contribution in [2.24, 2.45) is 0 Å². The van der Waals surface area contributed by atoms with Crippen molar-refractivity contribution in [1.29, 1.82) is 0 Å². The van der Waals surface area contributed by atoms with Crippen LogP contribution in [0.4, 0.5) is 0 Å². The molecule has 0 aromatic carbocycles. The summed E-state index contributed by atoms with van der Waals surface area (Å²) in [6.07, 6.45) is -1.23. The number of unbranched alkanes of at least 4 members (excludes halogenated alkanes) is 5. The van der Waals surface area contributed by atoms with Gasteiger partial charge in [-0.3, -0.25) is 0 Å². The van der Waals surface area contributed by atoms with Crippen LogP contribution in [0.5, 0.6) is 0 Å². The SMILES string of the molecule is CCCCCCCCOC(=O)C(O)C(O)C(O)C(O)CO. The van der Waals surface area contributed by atoms with Gasteiger partial charge in [-0.2, -0.15) is 0 Å². The van der Waals surface area contributed by atoms with Crippen LogP contribution in [0.1, 0.15) is 45.4 Å². The van der Waals surface area contributed by atoms with Crippen molar-refractivity contribution in [3.05, 3.63) is 0 Å². The number of ether oxygens (including phenoxy) is 1. The number of esters is 1. The maximum Gasteiger partial charge on any atom is 0.337 e. The van der Waals surface area contributed by atoms with Crippen LogP contribution in [0.2, 0.25) is 0 Å². The zero-order valence-corrected chi connectivity index (χ0v) is 12.5. The molecule has 0 aromatic heterocycles. The van der Waals surface area contributed by atoms with Crippen molar-refractivity contribution in [3.63, 3.8) is 0 Å². The summed E-state index contributed by atoms with van der Waals surface area (Å²) in [4.78, 5) is 11.4. The first-order chi connectivity index (χ1) is 9.95. The summed E-state index contributed by atoms with van der Waals surface area (Å²) in [5.74, 6) is -1.06. The Labute approximate surface area is 125 Å². The fourth-order valence-electron chi connectivity index (χ4n) is 1.80. The van der Waals surface area contributed by atoms with Crippen LogP contribution < -0.4 is 0 Å². The quantitative estimate of drug-likeness (QED) is 0.239. The van der Waals surface area contributed by atoms with E-state index in [1.165, 1.54) is 6.42 Å². The number of aliphatic hydroxyl groups excluding tert-OH is 5. The molecule has 0 saturated carbocycles. The lowest BCUT2D eigenvalue weighted by Gasteiger charge is -2.24. The summed E-state index contributed by atoms with van der Waals surface area (Å²) >= 11 is 0. The molecule has 0 bridgehead atoms. The molecule has 4 unspecified atom stereocenters. The number of aliphatic hydroxyl groups is 5. The summed E-state index contributed by atoms with van der Waals surface area (Å²) in [6.45, 7) is 1.46. The minimum absolute atomic E-state index is 0.132. The van der Waals surface area contributed by atoms with Crippen LogP contribution in [0.3, 0.4) is 0 Å². The summed E-state index contributed by atoms with van der Waals surface area (Å²) in [6, 6.07) is 0. The topological polar surface area (TPSA) is 127 Å². The molecule has 0 fully saturated rings. The van der Waals surface area contributed by atoms with Gasteiger partial charge in [0.05, 0.1) is 13.2 Å². The van der Waals surface area contributed by atoms with Gasteiger partial charge in [0, 0.05) is 0 Å². The highest BCUT2D eigenvalue weighted by atomic mass is 16.5. The minimum Gasteiger partial charge on any atom is -0.464 e. The van der Waals surface area contributed by atoms with E-state index in [2.05, 4.69) is 6.92 Å². The highest BCUT2D eigenvalue weighted by Gasteiger charge is 2.34. The Balaban J connectivity index is 3.89. The van der Waals surface area contributed by atoms with Gasteiger partial charge in [-0.05, 0) is 6.42 Å². The van der Waals surface area contributed by atoms with Gasteiger partial charge in [-0.15, -0.1) is 0 Å². The smallest absolute Gasteiger partial charge is 0.337 e. The fraction of sp³-hybridized carbons (Fsp3) is 0.929. The largest absolute Gasteiger partial charge is 0.464 e. The lowest BCUT2D eigenvalue weighted by Crippen LogP contribution is -2.49. The van der Waals surface area contributed by atoms with Gasteiger partial charge in [0.1, 0.15) is 18.3 Å². The lowest BCUT2D eigenvalue weighted by atomic mass is 10.0. The molecule has 0 aliphatic rings. The molecule has 0 heterocycles. The van der Waals surface area contributed by atoms with Gasteiger partial charge in [0.15, 0.2) is 6.10 Å². The average Bonchev–Trinajstić information content (AvgIpc) is 2.50. The number of rotatable bonds is 12. The second-order valence-electron chi connectivity index (χ2n) is 5.11. The van der Waals surface area contributed by atoms with Crippen molar-refractivity contribution in [2.45, 2.75) is 69.9 Å². The molecule has 0 saturated heterocycles. The third-order valence-corrected chi connectivity index (χ3v) is 3.24. The number of carbonyl (C=O) groups excluding carboxylic acids is 1. The lowest BCUT2D eigenvalue weighted by molar-refractivity contribution is -0.170. The number of carbonyl (C=O) groups is 1. The monoisotopic (exact) mass is 308 g/mol. The van der Waals surface area contributed by atoms with E-state index >= 15 is 0 Å². The molecule has 21 heavy (non-hydrogen) atoms. The van der Waals surface area contributed by atoms with Crippen molar-refractivity contribution in [1.82, 2.24) is 0 Å². The molecule has 0 amide bonds. The molecule has 5 N–H and O–H groups in total. The second-order valence-corrected chi connectivity index (χ2v) is 5.11. The molecule has 7 nitrogen and oxygen atoms in total. The maximum absolute atomic E-state index is 11.4. The third kappa shape index (κ3) is 8.33. The minimum atomic E-state index is -1.96. The Morgan fingerprint density at radius 2 is 1.52 bits per heavy atom. The molecule has 7 heteroatoms. The second kappa shape index (κ2) is 11.9. The molecular weight excluding hydrogens is 280 g/mol. The zero-order valence-electron chi connectivity index (χ0n) is 12.5. The zero-order chi connectivity index (χ0) is 16.3. The molecular formula is C14H28O7. The Kier molecular flexibility index (Phi) is 11.5. The Bertz CT molecular complexity index is 272. The van der Waals surface area contributed by atoms with E-state index < -0.39 is 37.0 Å². The molecule has 0 spiro atoms. The van der Waals surface area contributed by atoms with Gasteiger partial charge in [0.2, 0.25) is 0 Å². The summed E-state index contributed by atoms with van der Waals surface area (Å²) in [7, 11) is 0. The normalized spacial score (nSPS) is 17.0. The number of hydrogen-bond donors (Lipinski definition) is 5. The van der Waals surface area contributed by atoms with Crippen LogP contribution in [-0.4, -0.2) is 69.1 Å². The van der Waals surface area contributed by atoms with E-state index in [9.17, 15) is 20.1 Å². The fourth-order valence-corrected chi connectivity index (χ4v) is 1.80. The van der Waals surface area contributed by atoms with Crippen LogP contribution in [0.15, 0.2) is 0 Å². The van der Waals surface area contributed by atoms with Gasteiger partial charge < -0.3 is 30.3 Å². The van der Waals surface area contributed by atoms with E-state index in [4.69, 9.17) is 14.9 Å². The van der Waals surface area contributed by atoms with Gasteiger partial charge in [-0.25, -0.2) is 4.79 Å². The van der Waals surface area contributed by atoms with E-state index in [0.29, 0.717) is 6.42 Å². The Hall–Kier alpha value is -0.730. The average molecular weight is 308 g/mol. The molecule has 126 valence electrons. The van der Waals surface area contributed by atoms with E-state index in [1.54, 1.807) is 0 Å². The Morgan fingerprint density at radius 3 is 2.10 bits per heavy atom. The first-order valence-electron chi connectivity index (χ1n) is 7.45. The predicted molar refractivity (Wildman–Crippen MR) is 75.4 cm³/mol. The predicted octanol–water partition coefficient (Wildman–Crippen LogP) is -0.674. The molecule has 0 aromatic rings. The first-order valence-corrected chi connectivity index (χ1v) is 7.45. The molecule has 0 radical (unpaired) electrons. The highest BCUT2D eigenvalue weighted by molar-refractivity contribution is 5.75. The van der Waals surface area contributed by atoms with Crippen molar-refractivity contribution in [2.75, 3.05) is 13.2 Å². The molecule has 0 rings (SSSR count). The van der Waals surface area contributed by atoms with Crippen LogP contribution in [-0.2, 0) is 9.53 Å². The summed E-state index contributed by atoms with van der Waals surface area (Å²) in [5.41, 5.74) is 0. The van der Waals surface area contributed by atoms with Crippen molar-refractivity contribution < 1.29 is 35.1 Å². The first kappa shape index (κ1) is 20.3. The van der Waals surface area contributed by atoms with Gasteiger partial charge in [0.25, 0.3) is 0 Å². The number of hydrogen-bond acceptors (Lipinski definition) is 7. The molecule has 0 aliphatic heterocycles. The molecule has 0 aliphatic carbocycles. The van der Waals surface area contributed by atoms with Crippen LogP contribution >= 0.6 is 0 Å². The highest BCUT2D eigenvalue weighted by Crippen LogP contribution is 2.08. The Morgan fingerprint density at radius 1 is 0.952 bits per heavy atom. The maximum atomic E-state index is 11.4.